The van der Waals surface area contributed by atoms with E-state index in [0.29, 0.717) is 42.8 Å². The monoisotopic (exact) mass is 329 g/mol. The van der Waals surface area contributed by atoms with Gasteiger partial charge in [-0.3, -0.25) is 4.79 Å². The molecule has 1 aromatic carbocycles. The average Bonchev–Trinajstić information content (AvgIpc) is 2.58. The van der Waals surface area contributed by atoms with E-state index in [4.69, 9.17) is 0 Å². The minimum Gasteiger partial charge on any atom is -0.393 e. The molecule has 1 aliphatic heterocycles. The van der Waals surface area contributed by atoms with Gasteiger partial charge < -0.3 is 10.0 Å². The number of aliphatic hydroxyl groups excluding tert-OH is 1. The zero-order valence-corrected chi connectivity index (χ0v) is 13.5. The Kier molecular flexibility index (Phi) is 4.85. The van der Waals surface area contributed by atoms with Crippen LogP contribution >= 0.6 is 0 Å². The third-order valence-corrected chi connectivity index (χ3v) is 4.56. The number of benzene rings is 1. The molecule has 2 atom stereocenters. The number of likely N-dealkylation sites (tertiary alicyclic amines) is 1. The lowest BCUT2D eigenvalue weighted by Crippen LogP contribution is -2.47. The van der Waals surface area contributed by atoms with Gasteiger partial charge in [-0.15, -0.1) is 0 Å². The zero-order valence-electron chi connectivity index (χ0n) is 13.5. The molecule has 2 aromatic rings. The maximum Gasteiger partial charge on any atom is 0.257 e. The molecule has 5 nitrogen and oxygen atoms in total. The van der Waals surface area contributed by atoms with Crippen molar-refractivity contribution in [1.29, 1.82) is 0 Å². The summed E-state index contributed by atoms with van der Waals surface area (Å²) in [6.07, 6.45) is 3.27. The lowest BCUT2D eigenvalue weighted by atomic mass is 9.88. The Morgan fingerprint density at radius 2 is 2.21 bits per heavy atom. The van der Waals surface area contributed by atoms with Gasteiger partial charge in [-0.05, 0) is 31.4 Å². The molecule has 3 rings (SSSR count). The molecule has 0 radical (unpaired) electrons. The fraction of sp³-hybridized carbons (Fsp3) is 0.389. The van der Waals surface area contributed by atoms with Crippen molar-refractivity contribution in [3.8, 4) is 0 Å². The van der Waals surface area contributed by atoms with Gasteiger partial charge in [0, 0.05) is 25.2 Å². The average molecular weight is 329 g/mol. The number of rotatable bonds is 3. The summed E-state index contributed by atoms with van der Waals surface area (Å²) in [5.41, 5.74) is 1.67. The molecule has 1 aliphatic rings. The first-order valence-electron chi connectivity index (χ1n) is 8.03. The lowest BCUT2D eigenvalue weighted by molar-refractivity contribution is 0.0238. The van der Waals surface area contributed by atoms with Gasteiger partial charge in [0.05, 0.1) is 17.4 Å². The largest absolute Gasteiger partial charge is 0.393 e. The molecular weight excluding hydrogens is 309 g/mol. The van der Waals surface area contributed by atoms with Crippen LogP contribution < -0.4 is 0 Å². The molecule has 0 bridgehead atoms. The molecule has 1 saturated heterocycles. The van der Waals surface area contributed by atoms with Gasteiger partial charge >= 0.3 is 0 Å². The maximum atomic E-state index is 13.9. The summed E-state index contributed by atoms with van der Waals surface area (Å²) >= 11 is 0. The molecule has 1 amide bonds. The first-order valence-corrected chi connectivity index (χ1v) is 8.03. The number of carbonyl (C=O) groups is 1. The number of aryl methyl sites for hydroxylation is 1. The number of piperidine rings is 1. The number of hydrogen-bond acceptors (Lipinski definition) is 4. The number of aromatic nitrogens is 2. The van der Waals surface area contributed by atoms with Crippen LogP contribution in [0.15, 0.2) is 36.8 Å². The number of carbonyl (C=O) groups excluding carboxylic acids is 1. The number of halogens is 1. The Morgan fingerprint density at radius 3 is 2.96 bits per heavy atom. The van der Waals surface area contributed by atoms with E-state index in [0.717, 1.165) is 0 Å². The molecule has 0 aliphatic carbocycles. The van der Waals surface area contributed by atoms with Crippen molar-refractivity contribution in [2.75, 3.05) is 13.1 Å². The molecule has 0 unspecified atom stereocenters. The molecule has 24 heavy (non-hydrogen) atoms. The highest BCUT2D eigenvalue weighted by Gasteiger charge is 2.31. The summed E-state index contributed by atoms with van der Waals surface area (Å²) in [5.74, 6) is -0.608. The van der Waals surface area contributed by atoms with Crippen LogP contribution in [0.1, 0.15) is 28.0 Å². The van der Waals surface area contributed by atoms with Crippen molar-refractivity contribution in [3.63, 3.8) is 0 Å². The van der Waals surface area contributed by atoms with Gasteiger partial charge in [0.25, 0.3) is 5.91 Å². The van der Waals surface area contributed by atoms with Crippen molar-refractivity contribution in [2.45, 2.75) is 25.9 Å². The van der Waals surface area contributed by atoms with Gasteiger partial charge in [0.2, 0.25) is 0 Å². The van der Waals surface area contributed by atoms with E-state index >= 15 is 0 Å². The van der Waals surface area contributed by atoms with Crippen LogP contribution in [0.4, 0.5) is 4.39 Å². The highest BCUT2D eigenvalue weighted by Crippen LogP contribution is 2.24. The van der Waals surface area contributed by atoms with Gasteiger partial charge in [0.1, 0.15) is 12.1 Å². The smallest absolute Gasteiger partial charge is 0.257 e. The predicted octanol–water partition coefficient (Wildman–Crippen LogP) is 1.99. The van der Waals surface area contributed by atoms with Crippen molar-refractivity contribution in [3.05, 3.63) is 59.4 Å². The standard InChI is InChI=1S/C18H20FN3O2/c1-12-15(9-20-11-21-12)18(24)22-7-6-17(23)14(10-22)8-13-4-2-3-5-16(13)19/h2-5,9,11,14,17,23H,6-8,10H2,1H3/t14-,17-/m1/s1. The topological polar surface area (TPSA) is 66.3 Å². The summed E-state index contributed by atoms with van der Waals surface area (Å²) < 4.78 is 13.9. The second-order valence-corrected chi connectivity index (χ2v) is 6.18. The van der Waals surface area contributed by atoms with E-state index in [9.17, 15) is 14.3 Å². The lowest BCUT2D eigenvalue weighted by Gasteiger charge is -2.36. The quantitative estimate of drug-likeness (QED) is 0.935. The fourth-order valence-electron chi connectivity index (χ4n) is 3.12. The molecule has 6 heteroatoms. The number of hydrogen-bond donors (Lipinski definition) is 1. The summed E-state index contributed by atoms with van der Waals surface area (Å²) in [6.45, 7) is 2.63. The number of aliphatic hydroxyl groups is 1. The number of amides is 1. The fourth-order valence-corrected chi connectivity index (χ4v) is 3.12. The van der Waals surface area contributed by atoms with Crippen LogP contribution in [0, 0.1) is 18.7 Å². The van der Waals surface area contributed by atoms with Gasteiger partial charge in [0.15, 0.2) is 0 Å². The van der Waals surface area contributed by atoms with Crippen LogP contribution in [-0.4, -0.2) is 45.1 Å². The van der Waals surface area contributed by atoms with E-state index in [1.165, 1.54) is 18.6 Å². The Bertz CT molecular complexity index is 738. The molecule has 126 valence electrons. The predicted molar refractivity (Wildman–Crippen MR) is 86.9 cm³/mol. The summed E-state index contributed by atoms with van der Waals surface area (Å²) in [6, 6.07) is 6.56. The molecule has 0 saturated carbocycles. The zero-order chi connectivity index (χ0) is 17.1. The minimum atomic E-state index is -0.540. The van der Waals surface area contributed by atoms with Gasteiger partial charge in [-0.1, -0.05) is 18.2 Å². The Balaban J connectivity index is 1.75. The Hall–Kier alpha value is -2.34. The third kappa shape index (κ3) is 3.43. The summed E-state index contributed by atoms with van der Waals surface area (Å²) in [4.78, 5) is 22.3. The number of nitrogens with zero attached hydrogens (tertiary/aromatic N) is 3. The van der Waals surface area contributed by atoms with Gasteiger partial charge in [-0.2, -0.15) is 0 Å². The second-order valence-electron chi connectivity index (χ2n) is 6.18. The van der Waals surface area contributed by atoms with E-state index in [1.807, 2.05) is 0 Å². The first kappa shape index (κ1) is 16.5. The first-order chi connectivity index (χ1) is 11.6. The normalized spacial score (nSPS) is 20.9. The molecular formula is C18H20FN3O2. The molecule has 1 aromatic heterocycles. The summed E-state index contributed by atoms with van der Waals surface area (Å²) in [7, 11) is 0. The third-order valence-electron chi connectivity index (χ3n) is 4.56. The maximum absolute atomic E-state index is 13.9. The summed E-state index contributed by atoms with van der Waals surface area (Å²) in [5, 5.41) is 10.3. The van der Waals surface area contributed by atoms with Crippen LogP contribution in [0.2, 0.25) is 0 Å². The van der Waals surface area contributed by atoms with E-state index in [-0.39, 0.29) is 17.6 Å². The molecule has 1 fully saturated rings. The Labute approximate surface area is 140 Å². The van der Waals surface area contributed by atoms with Crippen molar-refractivity contribution < 1.29 is 14.3 Å². The minimum absolute atomic E-state index is 0.140. The molecule has 0 spiro atoms. The van der Waals surface area contributed by atoms with E-state index < -0.39 is 6.10 Å². The van der Waals surface area contributed by atoms with Crippen LogP contribution in [0.5, 0.6) is 0 Å². The van der Waals surface area contributed by atoms with Crippen molar-refractivity contribution in [2.24, 2.45) is 5.92 Å². The van der Waals surface area contributed by atoms with Crippen LogP contribution in [0.3, 0.4) is 0 Å². The van der Waals surface area contributed by atoms with Crippen LogP contribution in [0.25, 0.3) is 0 Å². The SMILES string of the molecule is Cc1ncncc1C(=O)N1CC[C@@H](O)[C@H](Cc2ccccc2F)C1. The Morgan fingerprint density at radius 1 is 1.42 bits per heavy atom. The molecule has 2 heterocycles. The molecule has 1 N–H and O–H groups in total. The van der Waals surface area contributed by atoms with Crippen molar-refractivity contribution in [1.82, 2.24) is 14.9 Å². The highest BCUT2D eigenvalue weighted by molar-refractivity contribution is 5.94. The van der Waals surface area contributed by atoms with Crippen LogP contribution in [-0.2, 0) is 6.42 Å². The van der Waals surface area contributed by atoms with E-state index in [1.54, 1.807) is 30.0 Å². The van der Waals surface area contributed by atoms with Gasteiger partial charge in [-0.25, -0.2) is 14.4 Å². The second kappa shape index (κ2) is 7.05. The van der Waals surface area contributed by atoms with E-state index in [2.05, 4.69) is 9.97 Å². The van der Waals surface area contributed by atoms with Crippen molar-refractivity contribution >= 4 is 5.91 Å². The highest BCUT2D eigenvalue weighted by atomic mass is 19.1.